The molecule has 0 aliphatic carbocycles. The first-order chi connectivity index (χ1) is 10.7. The number of hydrogen-bond acceptors (Lipinski definition) is 6. The van der Waals surface area contributed by atoms with Crippen molar-refractivity contribution in [2.24, 2.45) is 7.05 Å². The highest BCUT2D eigenvalue weighted by Gasteiger charge is 2.31. The average molecular weight is 326 g/mol. The minimum atomic E-state index is -0.564. The molecule has 1 aliphatic heterocycles. The van der Waals surface area contributed by atoms with Crippen molar-refractivity contribution in [3.63, 3.8) is 0 Å². The van der Waals surface area contributed by atoms with E-state index in [1.54, 1.807) is 11.9 Å². The van der Waals surface area contributed by atoms with Gasteiger partial charge < -0.3 is 14.4 Å². The molecule has 0 bridgehead atoms. The summed E-state index contributed by atoms with van der Waals surface area (Å²) in [6.07, 6.45) is 1.89. The van der Waals surface area contributed by atoms with E-state index in [9.17, 15) is 14.9 Å². The summed E-state index contributed by atoms with van der Waals surface area (Å²) in [6.45, 7) is 6.34. The molecule has 1 atom stereocenters. The third kappa shape index (κ3) is 4.33. The first-order valence-electron chi connectivity index (χ1n) is 7.48. The number of aromatic nitrogens is 2. The molecule has 9 nitrogen and oxygen atoms in total. The topological polar surface area (TPSA) is 99.7 Å². The van der Waals surface area contributed by atoms with E-state index in [2.05, 4.69) is 5.10 Å². The fraction of sp³-hybridized carbons (Fsp3) is 0.714. The largest absolute Gasteiger partial charge is 0.468 e. The molecule has 1 aromatic heterocycles. The molecular formula is C14H22N4O5. The normalized spacial score (nSPS) is 18.6. The highest BCUT2D eigenvalue weighted by Crippen LogP contribution is 2.28. The highest BCUT2D eigenvalue weighted by molar-refractivity contribution is 5.68. The molecule has 0 N–H and O–H groups in total. The number of aryl methyl sites for hydroxylation is 1. The third-order valence-corrected chi connectivity index (χ3v) is 3.37. The second-order valence-electron chi connectivity index (χ2n) is 6.52. The number of carbonyl (C=O) groups excluding carboxylic acids is 1. The molecule has 1 aromatic rings. The Balaban J connectivity index is 2.03. The molecule has 1 aliphatic rings. The van der Waals surface area contributed by atoms with Gasteiger partial charge in [0.05, 0.1) is 11.5 Å². The summed E-state index contributed by atoms with van der Waals surface area (Å²) in [5.41, 5.74) is -0.743. The van der Waals surface area contributed by atoms with Crippen LogP contribution in [0, 0.1) is 10.1 Å². The van der Waals surface area contributed by atoms with Crippen LogP contribution in [0.5, 0.6) is 5.88 Å². The van der Waals surface area contributed by atoms with Gasteiger partial charge in [-0.1, -0.05) is 0 Å². The molecule has 0 aromatic carbocycles. The van der Waals surface area contributed by atoms with E-state index in [1.165, 1.54) is 4.68 Å². The van der Waals surface area contributed by atoms with Crippen LogP contribution in [0.1, 0.15) is 33.6 Å². The Hall–Kier alpha value is -2.32. The van der Waals surface area contributed by atoms with Crippen molar-refractivity contribution in [3.05, 3.63) is 16.3 Å². The molecule has 9 heteroatoms. The lowest BCUT2D eigenvalue weighted by atomic mass is 10.1. The summed E-state index contributed by atoms with van der Waals surface area (Å²) in [5.74, 6) is 0.103. The van der Waals surface area contributed by atoms with Crippen LogP contribution < -0.4 is 4.74 Å². The molecule has 2 rings (SSSR count). The fourth-order valence-corrected chi connectivity index (χ4v) is 2.36. The summed E-state index contributed by atoms with van der Waals surface area (Å²) >= 11 is 0. The van der Waals surface area contributed by atoms with E-state index in [-0.39, 0.29) is 17.7 Å². The minimum absolute atomic E-state index is 0.103. The molecule has 1 amide bonds. The number of piperidine rings is 1. The lowest BCUT2D eigenvalue weighted by Crippen LogP contribution is -2.46. The maximum Gasteiger partial charge on any atom is 0.410 e. The van der Waals surface area contributed by atoms with Crippen molar-refractivity contribution in [1.82, 2.24) is 14.7 Å². The number of carbonyl (C=O) groups is 1. The lowest BCUT2D eigenvalue weighted by molar-refractivity contribution is -0.386. The Morgan fingerprint density at radius 2 is 2.17 bits per heavy atom. The number of ether oxygens (including phenoxy) is 2. The molecule has 0 radical (unpaired) electrons. The monoisotopic (exact) mass is 326 g/mol. The first kappa shape index (κ1) is 17.0. The fourth-order valence-electron chi connectivity index (χ4n) is 2.36. The van der Waals surface area contributed by atoms with Gasteiger partial charge in [0.2, 0.25) is 0 Å². The van der Waals surface area contributed by atoms with Gasteiger partial charge in [0.15, 0.2) is 0 Å². The molecule has 1 saturated heterocycles. The van der Waals surface area contributed by atoms with Crippen LogP contribution in [-0.2, 0) is 11.8 Å². The van der Waals surface area contributed by atoms with Crippen molar-refractivity contribution in [3.8, 4) is 5.88 Å². The zero-order chi connectivity index (χ0) is 17.2. The number of likely N-dealkylation sites (tertiary alicyclic amines) is 1. The van der Waals surface area contributed by atoms with Crippen LogP contribution in [-0.4, -0.2) is 50.5 Å². The summed E-state index contributed by atoms with van der Waals surface area (Å²) < 4.78 is 12.4. The van der Waals surface area contributed by atoms with Gasteiger partial charge in [0.1, 0.15) is 17.9 Å². The maximum absolute atomic E-state index is 12.1. The zero-order valence-corrected chi connectivity index (χ0v) is 13.8. The van der Waals surface area contributed by atoms with Crippen LogP contribution in [0.3, 0.4) is 0 Å². The van der Waals surface area contributed by atoms with Crippen LogP contribution in [0.15, 0.2) is 6.20 Å². The van der Waals surface area contributed by atoms with Crippen molar-refractivity contribution >= 4 is 11.8 Å². The Morgan fingerprint density at radius 3 is 2.78 bits per heavy atom. The van der Waals surface area contributed by atoms with Crippen LogP contribution in [0.2, 0.25) is 0 Å². The predicted molar refractivity (Wildman–Crippen MR) is 81.3 cm³/mol. The first-order valence-corrected chi connectivity index (χ1v) is 7.48. The van der Waals surface area contributed by atoms with Crippen LogP contribution in [0.4, 0.5) is 10.5 Å². The second-order valence-corrected chi connectivity index (χ2v) is 6.52. The predicted octanol–water partition coefficient (Wildman–Crippen LogP) is 2.11. The molecule has 1 fully saturated rings. The quantitative estimate of drug-likeness (QED) is 0.623. The number of hydrogen-bond donors (Lipinski definition) is 0. The lowest BCUT2D eigenvalue weighted by Gasteiger charge is -2.33. The van der Waals surface area contributed by atoms with Gasteiger partial charge in [-0.15, -0.1) is 0 Å². The van der Waals surface area contributed by atoms with Gasteiger partial charge in [0, 0.05) is 13.6 Å². The third-order valence-electron chi connectivity index (χ3n) is 3.37. The second kappa shape index (κ2) is 6.43. The van der Waals surface area contributed by atoms with Gasteiger partial charge in [-0.05, 0) is 33.6 Å². The summed E-state index contributed by atoms with van der Waals surface area (Å²) in [4.78, 5) is 24.2. The van der Waals surface area contributed by atoms with Gasteiger partial charge >= 0.3 is 11.8 Å². The molecular weight excluding hydrogens is 304 g/mol. The van der Waals surface area contributed by atoms with E-state index in [1.807, 2.05) is 20.8 Å². The van der Waals surface area contributed by atoms with Crippen molar-refractivity contribution in [1.29, 1.82) is 0 Å². The molecule has 2 heterocycles. The number of nitro groups is 1. The minimum Gasteiger partial charge on any atom is -0.468 e. The van der Waals surface area contributed by atoms with E-state index in [4.69, 9.17) is 9.47 Å². The Morgan fingerprint density at radius 1 is 1.48 bits per heavy atom. The SMILES string of the molecule is Cn1ncc([N+](=O)[O-])c1O[C@@H]1CCCN(C(=O)OC(C)(C)C)C1. The van der Waals surface area contributed by atoms with Crippen LogP contribution in [0.25, 0.3) is 0 Å². The molecule has 0 saturated carbocycles. The van der Waals surface area contributed by atoms with E-state index in [0.717, 1.165) is 12.6 Å². The Bertz CT molecular complexity index is 592. The zero-order valence-electron chi connectivity index (χ0n) is 13.8. The van der Waals surface area contributed by atoms with Crippen molar-refractivity contribution < 1.29 is 19.2 Å². The molecule has 128 valence electrons. The Labute approximate surface area is 134 Å². The number of amides is 1. The van der Waals surface area contributed by atoms with Gasteiger partial charge in [-0.25, -0.2) is 9.48 Å². The van der Waals surface area contributed by atoms with E-state index < -0.39 is 16.6 Å². The number of rotatable bonds is 3. The highest BCUT2D eigenvalue weighted by atomic mass is 16.6. The maximum atomic E-state index is 12.1. The average Bonchev–Trinajstić information content (AvgIpc) is 2.79. The van der Waals surface area contributed by atoms with Gasteiger partial charge in [-0.2, -0.15) is 5.10 Å². The van der Waals surface area contributed by atoms with Gasteiger partial charge in [-0.3, -0.25) is 10.1 Å². The van der Waals surface area contributed by atoms with Crippen molar-refractivity contribution in [2.45, 2.75) is 45.3 Å². The van der Waals surface area contributed by atoms with Gasteiger partial charge in [0.25, 0.3) is 5.88 Å². The smallest absolute Gasteiger partial charge is 0.410 e. The van der Waals surface area contributed by atoms with E-state index >= 15 is 0 Å². The summed E-state index contributed by atoms with van der Waals surface area (Å²) in [5, 5.41) is 14.8. The Kier molecular flexibility index (Phi) is 4.76. The van der Waals surface area contributed by atoms with Crippen LogP contribution >= 0.6 is 0 Å². The molecule has 0 spiro atoms. The molecule has 23 heavy (non-hydrogen) atoms. The van der Waals surface area contributed by atoms with E-state index in [0.29, 0.717) is 19.5 Å². The number of nitrogens with zero attached hydrogens (tertiary/aromatic N) is 4. The summed E-state index contributed by atoms with van der Waals surface area (Å²) in [6, 6.07) is 0. The standard InChI is InChI=1S/C14H22N4O5/c1-14(2,3)23-13(19)17-7-5-6-10(9-17)22-12-11(18(20)21)8-15-16(12)4/h8,10H,5-7,9H2,1-4H3/t10-/m1/s1. The molecule has 0 unspecified atom stereocenters. The van der Waals surface area contributed by atoms with Crippen molar-refractivity contribution in [2.75, 3.05) is 13.1 Å². The summed E-state index contributed by atoms with van der Waals surface area (Å²) in [7, 11) is 1.58.